The molecule has 0 radical (unpaired) electrons. The minimum absolute atomic E-state index is 0.205. The Balaban J connectivity index is 2.87. The van der Waals surface area contributed by atoms with Crippen LogP contribution in [0.15, 0.2) is 4.47 Å². The smallest absolute Gasteiger partial charge is 0.0738 e. The van der Waals surface area contributed by atoms with Gasteiger partial charge in [-0.2, -0.15) is 5.10 Å². The second-order valence-corrected chi connectivity index (χ2v) is 6.29. The Bertz CT molecular complexity index is 367. The van der Waals surface area contributed by atoms with E-state index in [0.717, 1.165) is 23.0 Å². The minimum atomic E-state index is 0.205. The Hall–Kier alpha value is -0.350. The zero-order chi connectivity index (χ0) is 12.5. The van der Waals surface area contributed by atoms with E-state index in [1.807, 2.05) is 18.7 Å². The van der Waals surface area contributed by atoms with E-state index >= 15 is 0 Å². The van der Waals surface area contributed by atoms with Crippen LogP contribution in [0, 0.1) is 12.3 Å². The van der Waals surface area contributed by atoms with Crippen molar-refractivity contribution in [2.75, 3.05) is 0 Å². The maximum absolute atomic E-state index is 5.88. The number of nitrogens with zero attached hydrogens (tertiary/aromatic N) is 2. The Morgan fingerprint density at radius 3 is 2.44 bits per heavy atom. The van der Waals surface area contributed by atoms with Gasteiger partial charge >= 0.3 is 0 Å². The van der Waals surface area contributed by atoms with Crippen LogP contribution in [0.25, 0.3) is 0 Å². The Kier molecular flexibility index (Phi) is 4.18. The summed E-state index contributed by atoms with van der Waals surface area (Å²) < 4.78 is 3.09. The van der Waals surface area contributed by atoms with Crippen LogP contribution in [0.5, 0.6) is 0 Å². The average Bonchev–Trinajstić information content (AvgIpc) is 2.29. The molecule has 0 aliphatic heterocycles. The summed E-state index contributed by atoms with van der Waals surface area (Å²) in [5, 5.41) is 4.41. The van der Waals surface area contributed by atoms with Gasteiger partial charge in [0.25, 0.3) is 0 Å². The predicted molar refractivity (Wildman–Crippen MR) is 71.4 cm³/mol. The van der Waals surface area contributed by atoms with Gasteiger partial charge in [0.2, 0.25) is 0 Å². The molecule has 4 heteroatoms. The minimum Gasteiger partial charge on any atom is -0.328 e. The second-order valence-electron chi connectivity index (χ2n) is 5.49. The maximum Gasteiger partial charge on any atom is 0.0738 e. The van der Waals surface area contributed by atoms with E-state index in [2.05, 4.69) is 41.8 Å². The molecular formula is C12H22BrN3. The number of aryl methyl sites for hydroxylation is 2. The SMILES string of the molecule is Cc1nn(C)c(CC(C)(C)CC(C)N)c1Br. The van der Waals surface area contributed by atoms with Gasteiger partial charge in [0.05, 0.1) is 15.9 Å². The van der Waals surface area contributed by atoms with Gasteiger partial charge in [0.1, 0.15) is 0 Å². The van der Waals surface area contributed by atoms with E-state index in [4.69, 9.17) is 5.73 Å². The van der Waals surface area contributed by atoms with E-state index < -0.39 is 0 Å². The molecule has 3 nitrogen and oxygen atoms in total. The lowest BCUT2D eigenvalue weighted by Crippen LogP contribution is -2.27. The Labute approximate surface area is 107 Å². The van der Waals surface area contributed by atoms with Crippen molar-refractivity contribution in [3.05, 3.63) is 15.9 Å². The van der Waals surface area contributed by atoms with Crippen LogP contribution in [-0.2, 0) is 13.5 Å². The molecule has 0 aliphatic rings. The maximum atomic E-state index is 5.88. The second kappa shape index (κ2) is 4.88. The van der Waals surface area contributed by atoms with Gasteiger partial charge in [0.15, 0.2) is 0 Å². The molecule has 1 rings (SSSR count). The van der Waals surface area contributed by atoms with E-state index in [1.165, 1.54) is 5.69 Å². The van der Waals surface area contributed by atoms with Gasteiger partial charge in [-0.1, -0.05) is 13.8 Å². The van der Waals surface area contributed by atoms with Crippen LogP contribution in [0.2, 0.25) is 0 Å². The molecule has 16 heavy (non-hydrogen) atoms. The molecule has 1 aromatic rings. The molecule has 0 spiro atoms. The molecule has 1 aromatic heterocycles. The van der Waals surface area contributed by atoms with Gasteiger partial charge in [-0.3, -0.25) is 4.68 Å². The molecule has 0 saturated carbocycles. The van der Waals surface area contributed by atoms with E-state index in [-0.39, 0.29) is 11.5 Å². The summed E-state index contributed by atoms with van der Waals surface area (Å²) in [6.07, 6.45) is 2.01. The highest BCUT2D eigenvalue weighted by Crippen LogP contribution is 2.31. The van der Waals surface area contributed by atoms with Crippen LogP contribution < -0.4 is 5.73 Å². The first-order chi connectivity index (χ1) is 7.23. The Morgan fingerprint density at radius 2 is 2.06 bits per heavy atom. The summed E-state index contributed by atoms with van der Waals surface area (Å²) in [6.45, 7) is 8.59. The highest BCUT2D eigenvalue weighted by molar-refractivity contribution is 9.10. The quantitative estimate of drug-likeness (QED) is 0.926. The van der Waals surface area contributed by atoms with Crippen LogP contribution >= 0.6 is 15.9 Å². The lowest BCUT2D eigenvalue weighted by atomic mass is 9.82. The fourth-order valence-corrected chi connectivity index (χ4v) is 2.75. The van der Waals surface area contributed by atoms with Gasteiger partial charge in [-0.15, -0.1) is 0 Å². The number of halogens is 1. The number of hydrogen-bond donors (Lipinski definition) is 1. The van der Waals surface area contributed by atoms with Gasteiger partial charge in [0, 0.05) is 13.1 Å². The third-order valence-corrected chi connectivity index (χ3v) is 3.81. The summed E-state index contributed by atoms with van der Waals surface area (Å²) in [7, 11) is 2.00. The van der Waals surface area contributed by atoms with Crippen molar-refractivity contribution < 1.29 is 0 Å². The van der Waals surface area contributed by atoms with Crippen molar-refractivity contribution in [2.45, 2.75) is 46.6 Å². The summed E-state index contributed by atoms with van der Waals surface area (Å²) in [4.78, 5) is 0. The Morgan fingerprint density at radius 1 is 1.50 bits per heavy atom. The first kappa shape index (κ1) is 13.7. The van der Waals surface area contributed by atoms with Crippen molar-refractivity contribution in [3.63, 3.8) is 0 Å². The summed E-state index contributed by atoms with van der Waals surface area (Å²) >= 11 is 3.61. The lowest BCUT2D eigenvalue weighted by molar-refractivity contribution is 0.302. The molecule has 1 unspecified atom stereocenters. The first-order valence-electron chi connectivity index (χ1n) is 5.66. The number of rotatable bonds is 4. The molecule has 92 valence electrons. The van der Waals surface area contributed by atoms with Crippen LogP contribution in [0.4, 0.5) is 0 Å². The molecule has 0 aromatic carbocycles. The van der Waals surface area contributed by atoms with Crippen molar-refractivity contribution >= 4 is 15.9 Å². The summed E-state index contributed by atoms with van der Waals surface area (Å²) in [5.41, 5.74) is 8.39. The van der Waals surface area contributed by atoms with Gasteiger partial charge < -0.3 is 5.73 Å². The van der Waals surface area contributed by atoms with Crippen LogP contribution in [0.3, 0.4) is 0 Å². The van der Waals surface area contributed by atoms with Gasteiger partial charge in [-0.05, 0) is 48.0 Å². The molecule has 0 fully saturated rings. The molecule has 1 heterocycles. The normalized spacial score (nSPS) is 14.2. The van der Waals surface area contributed by atoms with Gasteiger partial charge in [-0.25, -0.2) is 0 Å². The topological polar surface area (TPSA) is 43.8 Å². The molecule has 0 amide bonds. The average molecular weight is 288 g/mol. The van der Waals surface area contributed by atoms with Crippen molar-refractivity contribution in [1.29, 1.82) is 0 Å². The standard InChI is InChI=1S/C12H22BrN3/c1-8(14)6-12(3,4)7-10-11(13)9(2)15-16(10)5/h8H,6-7,14H2,1-5H3. The molecule has 0 aliphatic carbocycles. The van der Waals surface area contributed by atoms with E-state index in [1.54, 1.807) is 0 Å². The molecular weight excluding hydrogens is 266 g/mol. The van der Waals surface area contributed by atoms with Crippen molar-refractivity contribution in [2.24, 2.45) is 18.2 Å². The zero-order valence-corrected chi connectivity index (χ0v) is 12.4. The predicted octanol–water partition coefficient (Wildman–Crippen LogP) is 2.80. The third-order valence-electron chi connectivity index (χ3n) is 2.78. The summed E-state index contributed by atoms with van der Waals surface area (Å²) in [6, 6.07) is 0.239. The number of hydrogen-bond acceptors (Lipinski definition) is 2. The number of aromatic nitrogens is 2. The monoisotopic (exact) mass is 287 g/mol. The highest BCUT2D eigenvalue weighted by atomic mass is 79.9. The van der Waals surface area contributed by atoms with Crippen molar-refractivity contribution in [3.8, 4) is 0 Å². The fraction of sp³-hybridized carbons (Fsp3) is 0.750. The van der Waals surface area contributed by atoms with E-state index in [9.17, 15) is 0 Å². The molecule has 0 bridgehead atoms. The third kappa shape index (κ3) is 3.32. The summed E-state index contributed by atoms with van der Waals surface area (Å²) in [5.74, 6) is 0. The highest BCUT2D eigenvalue weighted by Gasteiger charge is 2.24. The first-order valence-corrected chi connectivity index (χ1v) is 6.46. The van der Waals surface area contributed by atoms with Crippen LogP contribution in [-0.4, -0.2) is 15.8 Å². The van der Waals surface area contributed by atoms with Crippen molar-refractivity contribution in [1.82, 2.24) is 9.78 Å². The number of nitrogens with two attached hydrogens (primary N) is 1. The fourth-order valence-electron chi connectivity index (χ4n) is 2.27. The molecule has 1 atom stereocenters. The molecule has 2 N–H and O–H groups in total. The van der Waals surface area contributed by atoms with Crippen LogP contribution in [0.1, 0.15) is 38.6 Å². The lowest BCUT2D eigenvalue weighted by Gasteiger charge is -2.26. The zero-order valence-electron chi connectivity index (χ0n) is 10.8. The largest absolute Gasteiger partial charge is 0.328 e. The van der Waals surface area contributed by atoms with E-state index in [0.29, 0.717) is 0 Å². The molecule has 0 saturated heterocycles.